The van der Waals surface area contributed by atoms with Crippen LogP contribution >= 0.6 is 11.6 Å². The zero-order valence-electron chi connectivity index (χ0n) is 5.60. The molecule has 0 fully saturated rings. The summed E-state index contributed by atoms with van der Waals surface area (Å²) in [4.78, 5) is 13.2. The quantitative estimate of drug-likeness (QED) is 0.683. The molecule has 3 nitrogen and oxygen atoms in total. The lowest BCUT2D eigenvalue weighted by atomic mass is 10.3. The molecule has 0 bridgehead atoms. The number of H-pyrrole nitrogens is 1. The highest BCUT2D eigenvalue weighted by molar-refractivity contribution is 6.31. The summed E-state index contributed by atoms with van der Waals surface area (Å²) in [6, 6.07) is 4.70. The van der Waals surface area contributed by atoms with Crippen LogP contribution in [0.3, 0.4) is 0 Å². The summed E-state index contributed by atoms with van der Waals surface area (Å²) in [6.07, 6.45) is 0.134. The van der Waals surface area contributed by atoms with E-state index in [-0.39, 0.29) is 12.0 Å². The Balaban J connectivity index is 3.15. The van der Waals surface area contributed by atoms with Crippen molar-refractivity contribution in [1.29, 1.82) is 5.26 Å². The van der Waals surface area contributed by atoms with E-state index in [9.17, 15) is 4.79 Å². The Morgan fingerprint density at radius 1 is 1.64 bits per heavy atom. The van der Waals surface area contributed by atoms with Gasteiger partial charge in [0.15, 0.2) is 0 Å². The van der Waals surface area contributed by atoms with Gasteiger partial charge in [0.05, 0.1) is 23.2 Å². The second-order valence-electron chi connectivity index (χ2n) is 1.98. The first-order valence-electron chi connectivity index (χ1n) is 2.98. The van der Waals surface area contributed by atoms with Crippen molar-refractivity contribution in [1.82, 2.24) is 4.98 Å². The number of hydrogen-bond donors (Lipinski definition) is 1. The third kappa shape index (κ3) is 1.82. The number of nitriles is 1. The lowest BCUT2D eigenvalue weighted by Gasteiger charge is -1.95. The van der Waals surface area contributed by atoms with Crippen molar-refractivity contribution in [3.8, 4) is 6.07 Å². The van der Waals surface area contributed by atoms with Crippen LogP contribution in [0.25, 0.3) is 0 Å². The van der Waals surface area contributed by atoms with Crippen LogP contribution in [-0.2, 0) is 6.42 Å². The molecule has 0 radical (unpaired) electrons. The van der Waals surface area contributed by atoms with Crippen LogP contribution in [0.15, 0.2) is 16.9 Å². The molecule has 0 aliphatic heterocycles. The average Bonchev–Trinajstić information content (AvgIpc) is 1.98. The molecule has 1 N–H and O–H groups in total. The van der Waals surface area contributed by atoms with Crippen molar-refractivity contribution in [3.63, 3.8) is 0 Å². The van der Waals surface area contributed by atoms with E-state index in [1.54, 1.807) is 0 Å². The minimum Gasteiger partial charge on any atom is -0.324 e. The maximum Gasteiger partial charge on any atom is 0.248 e. The minimum absolute atomic E-state index is 0.134. The Morgan fingerprint density at radius 2 is 2.36 bits per heavy atom. The van der Waals surface area contributed by atoms with E-state index in [0.29, 0.717) is 10.7 Å². The Hall–Kier alpha value is -1.27. The first-order chi connectivity index (χ1) is 5.24. The number of aromatic amines is 1. The highest BCUT2D eigenvalue weighted by Gasteiger charge is 1.98. The molecule has 0 amide bonds. The molecule has 0 aliphatic rings. The second-order valence-corrected chi connectivity index (χ2v) is 2.39. The van der Waals surface area contributed by atoms with Gasteiger partial charge in [-0.3, -0.25) is 4.79 Å². The average molecular weight is 169 g/mol. The third-order valence-electron chi connectivity index (χ3n) is 1.20. The van der Waals surface area contributed by atoms with E-state index in [1.165, 1.54) is 12.1 Å². The Bertz CT molecular complexity index is 350. The highest BCUT2D eigenvalue weighted by atomic mass is 35.5. The standard InChI is InChI=1S/C7H5ClN2O/c8-5-1-2-7(11)10-6(5)3-4-9/h1-2H,3H2,(H,10,11). The summed E-state index contributed by atoms with van der Waals surface area (Å²) in [5.41, 5.74) is 0.237. The minimum atomic E-state index is -0.236. The van der Waals surface area contributed by atoms with Crippen LogP contribution in [0, 0.1) is 11.3 Å². The summed E-state index contributed by atoms with van der Waals surface area (Å²) in [6.45, 7) is 0. The molecule has 1 rings (SSSR count). The maximum absolute atomic E-state index is 10.7. The summed E-state index contributed by atoms with van der Waals surface area (Å²) in [5, 5.41) is 8.73. The molecule has 0 spiro atoms. The fraction of sp³-hybridized carbons (Fsp3) is 0.143. The van der Waals surface area contributed by atoms with Crippen LogP contribution in [0.1, 0.15) is 5.69 Å². The maximum atomic E-state index is 10.7. The predicted octanol–water partition coefficient (Wildman–Crippen LogP) is 1.09. The number of aromatic nitrogens is 1. The molecule has 1 aromatic rings. The number of halogens is 1. The lowest BCUT2D eigenvalue weighted by molar-refractivity contribution is 1.08. The van der Waals surface area contributed by atoms with Crippen molar-refractivity contribution in [2.24, 2.45) is 0 Å². The molecule has 0 unspecified atom stereocenters. The zero-order valence-corrected chi connectivity index (χ0v) is 6.35. The molecule has 4 heteroatoms. The highest BCUT2D eigenvalue weighted by Crippen LogP contribution is 2.09. The van der Waals surface area contributed by atoms with E-state index in [0.717, 1.165) is 0 Å². The van der Waals surface area contributed by atoms with Gasteiger partial charge in [0.2, 0.25) is 5.56 Å². The van der Waals surface area contributed by atoms with Gasteiger partial charge in [-0.15, -0.1) is 0 Å². The molecule has 0 atom stereocenters. The molecule has 1 aromatic heterocycles. The molecular formula is C7H5ClN2O. The molecule has 11 heavy (non-hydrogen) atoms. The van der Waals surface area contributed by atoms with Crippen LogP contribution in [0.5, 0.6) is 0 Å². The Labute approximate surface area is 68.2 Å². The number of rotatable bonds is 1. The summed E-state index contributed by atoms with van der Waals surface area (Å²) < 4.78 is 0. The Kier molecular flexibility index (Phi) is 2.29. The van der Waals surface area contributed by atoms with Crippen LogP contribution in [0.4, 0.5) is 0 Å². The van der Waals surface area contributed by atoms with E-state index >= 15 is 0 Å². The van der Waals surface area contributed by atoms with Gasteiger partial charge in [0.1, 0.15) is 0 Å². The smallest absolute Gasteiger partial charge is 0.248 e. The van der Waals surface area contributed by atoms with E-state index in [1.807, 2.05) is 6.07 Å². The van der Waals surface area contributed by atoms with Crippen LogP contribution in [-0.4, -0.2) is 4.98 Å². The van der Waals surface area contributed by atoms with E-state index in [4.69, 9.17) is 16.9 Å². The number of hydrogen-bond acceptors (Lipinski definition) is 2. The SMILES string of the molecule is N#CCc1[nH]c(=O)ccc1Cl. The predicted molar refractivity (Wildman–Crippen MR) is 41.4 cm³/mol. The fourth-order valence-electron chi connectivity index (χ4n) is 0.707. The van der Waals surface area contributed by atoms with Gasteiger partial charge in [0.25, 0.3) is 0 Å². The normalized spacial score (nSPS) is 9.09. The number of pyridine rings is 1. The first-order valence-corrected chi connectivity index (χ1v) is 3.36. The number of nitrogens with one attached hydrogen (secondary N) is 1. The second kappa shape index (κ2) is 3.22. The Morgan fingerprint density at radius 3 is 3.00 bits per heavy atom. The molecule has 0 saturated heterocycles. The molecule has 56 valence electrons. The summed E-state index contributed by atoms with van der Waals surface area (Å²) in [5.74, 6) is 0. The van der Waals surface area contributed by atoms with E-state index in [2.05, 4.69) is 4.98 Å². The van der Waals surface area contributed by atoms with Crippen molar-refractivity contribution < 1.29 is 0 Å². The molecule has 1 heterocycles. The van der Waals surface area contributed by atoms with Gasteiger partial charge in [0, 0.05) is 6.07 Å². The van der Waals surface area contributed by atoms with Gasteiger partial charge in [-0.05, 0) is 6.07 Å². The van der Waals surface area contributed by atoms with Gasteiger partial charge in [-0.1, -0.05) is 11.6 Å². The molecule has 0 aliphatic carbocycles. The van der Waals surface area contributed by atoms with Crippen molar-refractivity contribution in [2.75, 3.05) is 0 Å². The van der Waals surface area contributed by atoms with Crippen molar-refractivity contribution in [3.05, 3.63) is 33.2 Å². The summed E-state index contributed by atoms with van der Waals surface area (Å²) in [7, 11) is 0. The summed E-state index contributed by atoms with van der Waals surface area (Å²) >= 11 is 5.65. The molecule has 0 saturated carbocycles. The van der Waals surface area contributed by atoms with Gasteiger partial charge < -0.3 is 4.98 Å². The first kappa shape index (κ1) is 7.83. The monoisotopic (exact) mass is 168 g/mol. The van der Waals surface area contributed by atoms with Gasteiger partial charge in [-0.25, -0.2) is 0 Å². The van der Waals surface area contributed by atoms with Crippen LogP contribution < -0.4 is 5.56 Å². The largest absolute Gasteiger partial charge is 0.324 e. The molecular weight excluding hydrogens is 164 g/mol. The lowest BCUT2D eigenvalue weighted by Crippen LogP contribution is -2.06. The van der Waals surface area contributed by atoms with Crippen molar-refractivity contribution >= 4 is 11.6 Å². The topological polar surface area (TPSA) is 56.6 Å². The van der Waals surface area contributed by atoms with Gasteiger partial charge in [-0.2, -0.15) is 5.26 Å². The zero-order chi connectivity index (χ0) is 8.27. The molecule has 0 aromatic carbocycles. The number of nitrogens with zero attached hydrogens (tertiary/aromatic N) is 1. The van der Waals surface area contributed by atoms with Gasteiger partial charge >= 0.3 is 0 Å². The van der Waals surface area contributed by atoms with Crippen molar-refractivity contribution in [2.45, 2.75) is 6.42 Å². The fourth-order valence-corrected chi connectivity index (χ4v) is 0.884. The van der Waals surface area contributed by atoms with E-state index < -0.39 is 0 Å². The third-order valence-corrected chi connectivity index (χ3v) is 1.55. The van der Waals surface area contributed by atoms with Crippen LogP contribution in [0.2, 0.25) is 5.02 Å².